The van der Waals surface area contributed by atoms with Crippen LogP contribution in [-0.2, 0) is 0 Å². The normalized spacial score (nSPS) is 11.7. The van der Waals surface area contributed by atoms with E-state index in [2.05, 4.69) is 22.4 Å². The Morgan fingerprint density at radius 3 is 2.89 bits per heavy atom. The van der Waals surface area contributed by atoms with Crippen molar-refractivity contribution in [2.45, 2.75) is 13.0 Å². The largest absolute Gasteiger partial charge is 0.264 e. The molecular formula is C4H6N2O2S. The summed E-state index contributed by atoms with van der Waals surface area (Å²) in [4.78, 5) is 12.8. The van der Waals surface area contributed by atoms with Gasteiger partial charge in [-0.1, -0.05) is 0 Å². The van der Waals surface area contributed by atoms with Crippen molar-refractivity contribution in [1.82, 2.24) is 0 Å². The number of nitrogens with zero attached hydrogens (tertiary/aromatic N) is 2. The van der Waals surface area contributed by atoms with Gasteiger partial charge in [-0.05, 0) is 19.1 Å². The molecule has 9 heavy (non-hydrogen) atoms. The van der Waals surface area contributed by atoms with E-state index in [4.69, 9.17) is 0 Å². The first-order valence-corrected chi connectivity index (χ1v) is 2.76. The van der Waals surface area contributed by atoms with Gasteiger partial charge in [0.2, 0.25) is 6.54 Å². The topological polar surface area (TPSA) is 55.5 Å². The van der Waals surface area contributed by atoms with Crippen LogP contribution in [0, 0.1) is 10.1 Å². The Bertz CT molecular complexity index is 153. The van der Waals surface area contributed by atoms with Gasteiger partial charge in [-0.15, -0.1) is 0 Å². The summed E-state index contributed by atoms with van der Waals surface area (Å²) in [5.41, 5.74) is 0. The number of hydrogen-bond acceptors (Lipinski definition) is 4. The molecule has 1 atom stereocenters. The minimum absolute atomic E-state index is 0.177. The molecule has 0 aliphatic heterocycles. The summed E-state index contributed by atoms with van der Waals surface area (Å²) in [6.07, 6.45) is 0. The van der Waals surface area contributed by atoms with Crippen LogP contribution in [0.25, 0.3) is 0 Å². The lowest BCUT2D eigenvalue weighted by Crippen LogP contribution is -2.13. The molecule has 0 aliphatic carbocycles. The van der Waals surface area contributed by atoms with E-state index in [1.54, 1.807) is 6.92 Å². The molecule has 0 rings (SSSR count). The molecule has 0 fully saturated rings. The van der Waals surface area contributed by atoms with Crippen LogP contribution in [0.4, 0.5) is 0 Å². The van der Waals surface area contributed by atoms with Gasteiger partial charge in [0.15, 0.2) is 0 Å². The van der Waals surface area contributed by atoms with Gasteiger partial charge in [0.25, 0.3) is 0 Å². The SMILES string of the molecule is CC(C[N+](=O)[O-])N=C=S. The van der Waals surface area contributed by atoms with Crippen molar-refractivity contribution in [3.05, 3.63) is 10.1 Å². The molecule has 0 heterocycles. The number of rotatable bonds is 3. The summed E-state index contributed by atoms with van der Waals surface area (Å²) in [6, 6.07) is -0.350. The predicted molar refractivity (Wildman–Crippen MR) is 36.3 cm³/mol. The predicted octanol–water partition coefficient (Wildman–Crippen LogP) is 0.754. The summed E-state index contributed by atoms with van der Waals surface area (Å²) < 4.78 is 0. The average molecular weight is 146 g/mol. The van der Waals surface area contributed by atoms with E-state index in [1.165, 1.54) is 0 Å². The Labute approximate surface area is 57.7 Å². The lowest BCUT2D eigenvalue weighted by molar-refractivity contribution is -0.481. The van der Waals surface area contributed by atoms with Gasteiger partial charge in [-0.3, -0.25) is 10.1 Å². The Kier molecular flexibility index (Phi) is 3.75. The van der Waals surface area contributed by atoms with Crippen LogP contribution in [-0.4, -0.2) is 22.7 Å². The quantitative estimate of drug-likeness (QED) is 0.255. The molecule has 50 valence electrons. The molecule has 0 amide bonds. The number of hydrogen-bond donors (Lipinski definition) is 0. The molecule has 4 nitrogen and oxygen atoms in total. The number of aliphatic imine (C=N–C) groups is 1. The summed E-state index contributed by atoms with van der Waals surface area (Å²) in [5.74, 6) is 0. The highest BCUT2D eigenvalue weighted by atomic mass is 32.1. The lowest BCUT2D eigenvalue weighted by atomic mass is 10.4. The molecule has 1 unspecified atom stereocenters. The summed E-state index contributed by atoms with van der Waals surface area (Å²) in [7, 11) is 0. The van der Waals surface area contributed by atoms with Crippen LogP contribution in [0.3, 0.4) is 0 Å². The highest BCUT2D eigenvalue weighted by Crippen LogP contribution is 1.86. The molecule has 0 saturated carbocycles. The summed E-state index contributed by atoms with van der Waals surface area (Å²) >= 11 is 4.24. The van der Waals surface area contributed by atoms with Crippen LogP contribution >= 0.6 is 12.2 Å². The van der Waals surface area contributed by atoms with Crippen molar-refractivity contribution in [2.24, 2.45) is 4.99 Å². The van der Waals surface area contributed by atoms with E-state index in [1.807, 2.05) is 0 Å². The van der Waals surface area contributed by atoms with E-state index in [0.717, 1.165) is 0 Å². The molecule has 5 heteroatoms. The second-order valence-corrected chi connectivity index (χ2v) is 1.77. The standard InChI is InChI=1S/C4H6N2O2S/c1-4(5-3-9)2-6(7)8/h4H,2H2,1H3. The molecule has 0 saturated heterocycles. The van der Waals surface area contributed by atoms with Crippen LogP contribution in [0.15, 0.2) is 4.99 Å². The minimum Gasteiger partial charge on any atom is -0.264 e. The first-order valence-electron chi connectivity index (χ1n) is 2.35. The molecule has 0 spiro atoms. The Hall–Kier alpha value is -0.800. The Morgan fingerprint density at radius 2 is 2.56 bits per heavy atom. The zero-order valence-corrected chi connectivity index (χ0v) is 5.72. The van der Waals surface area contributed by atoms with Gasteiger partial charge in [-0.2, -0.15) is 0 Å². The first-order chi connectivity index (χ1) is 4.16. The van der Waals surface area contributed by atoms with Crippen LogP contribution in [0.5, 0.6) is 0 Å². The zero-order chi connectivity index (χ0) is 7.28. The van der Waals surface area contributed by atoms with E-state index >= 15 is 0 Å². The second-order valence-electron chi connectivity index (χ2n) is 1.58. The molecule has 0 aromatic heterocycles. The van der Waals surface area contributed by atoms with Gasteiger partial charge >= 0.3 is 0 Å². The average Bonchev–Trinajstić information content (AvgIpc) is 1.63. The number of nitro groups is 1. The highest BCUT2D eigenvalue weighted by molar-refractivity contribution is 7.78. The van der Waals surface area contributed by atoms with Crippen LogP contribution < -0.4 is 0 Å². The van der Waals surface area contributed by atoms with E-state index in [-0.39, 0.29) is 12.6 Å². The van der Waals surface area contributed by atoms with Gasteiger partial charge in [0.1, 0.15) is 6.04 Å². The molecule has 0 aromatic rings. The number of thiocarbonyl (C=S) groups is 1. The summed E-state index contributed by atoms with van der Waals surface area (Å²) in [6.45, 7) is 1.44. The smallest absolute Gasteiger partial charge is 0.226 e. The number of isothiocyanates is 1. The van der Waals surface area contributed by atoms with Gasteiger partial charge in [0, 0.05) is 4.92 Å². The fourth-order valence-corrected chi connectivity index (χ4v) is 0.526. The van der Waals surface area contributed by atoms with Crippen LogP contribution in [0.2, 0.25) is 0 Å². The molecule has 0 aromatic carbocycles. The summed E-state index contributed by atoms with van der Waals surface area (Å²) in [5, 5.41) is 11.8. The van der Waals surface area contributed by atoms with Crippen LogP contribution in [0.1, 0.15) is 6.92 Å². The Balaban J connectivity index is 3.62. The fraction of sp³-hybridized carbons (Fsp3) is 0.750. The third-order valence-corrected chi connectivity index (χ3v) is 0.792. The monoisotopic (exact) mass is 146 g/mol. The third kappa shape index (κ3) is 5.06. The molecule has 0 aliphatic rings. The lowest BCUT2D eigenvalue weighted by Gasteiger charge is -1.93. The van der Waals surface area contributed by atoms with E-state index in [9.17, 15) is 10.1 Å². The van der Waals surface area contributed by atoms with Crippen molar-refractivity contribution in [3.8, 4) is 0 Å². The minimum atomic E-state index is -0.430. The maximum absolute atomic E-state index is 9.77. The van der Waals surface area contributed by atoms with Gasteiger partial charge < -0.3 is 0 Å². The van der Waals surface area contributed by atoms with Crippen molar-refractivity contribution in [1.29, 1.82) is 0 Å². The van der Waals surface area contributed by atoms with Gasteiger partial charge in [0.05, 0.1) is 5.16 Å². The fourth-order valence-electron chi connectivity index (χ4n) is 0.347. The van der Waals surface area contributed by atoms with E-state index < -0.39 is 4.92 Å². The van der Waals surface area contributed by atoms with Gasteiger partial charge in [-0.25, -0.2) is 4.99 Å². The van der Waals surface area contributed by atoms with Crippen molar-refractivity contribution >= 4 is 17.4 Å². The van der Waals surface area contributed by atoms with Crippen molar-refractivity contribution < 1.29 is 4.92 Å². The maximum atomic E-state index is 9.77. The first kappa shape index (κ1) is 8.20. The molecular weight excluding hydrogens is 140 g/mol. The van der Waals surface area contributed by atoms with E-state index in [0.29, 0.717) is 0 Å². The highest BCUT2D eigenvalue weighted by Gasteiger charge is 2.04. The molecule has 0 radical (unpaired) electrons. The Morgan fingerprint density at radius 1 is 2.00 bits per heavy atom. The zero-order valence-electron chi connectivity index (χ0n) is 4.90. The van der Waals surface area contributed by atoms with Crippen molar-refractivity contribution in [3.63, 3.8) is 0 Å². The molecule has 0 N–H and O–H groups in total. The second kappa shape index (κ2) is 4.12. The van der Waals surface area contributed by atoms with Crippen molar-refractivity contribution in [2.75, 3.05) is 6.54 Å². The molecule has 0 bridgehead atoms. The maximum Gasteiger partial charge on any atom is 0.226 e. The third-order valence-electron chi connectivity index (χ3n) is 0.686.